The molecule has 6 heteroatoms. The van der Waals surface area contributed by atoms with Gasteiger partial charge in [0.25, 0.3) is 10.0 Å². The highest BCUT2D eigenvalue weighted by Crippen LogP contribution is 2.31. The zero-order valence-electron chi connectivity index (χ0n) is 18.5. The molecule has 1 aliphatic heterocycles. The molecule has 0 bridgehead atoms. The maximum absolute atomic E-state index is 13.3. The largest absolute Gasteiger partial charge is 0.326 e. The molecule has 5 nitrogen and oxygen atoms in total. The second kappa shape index (κ2) is 9.17. The van der Waals surface area contributed by atoms with E-state index in [-0.39, 0.29) is 10.8 Å². The Morgan fingerprint density at radius 2 is 1.72 bits per heavy atom. The lowest BCUT2D eigenvalue weighted by Gasteiger charge is -2.30. The molecule has 1 amide bonds. The number of anilines is 2. The molecule has 1 aliphatic rings. The van der Waals surface area contributed by atoms with E-state index in [1.807, 2.05) is 56.3 Å². The number of nitrogens with one attached hydrogen (secondary N) is 1. The summed E-state index contributed by atoms with van der Waals surface area (Å²) in [7, 11) is -3.62. The second-order valence-corrected chi connectivity index (χ2v) is 10.1. The third-order valence-corrected chi connectivity index (χ3v) is 7.93. The van der Waals surface area contributed by atoms with Crippen LogP contribution in [0.5, 0.6) is 0 Å². The van der Waals surface area contributed by atoms with E-state index in [2.05, 4.69) is 5.32 Å². The van der Waals surface area contributed by atoms with Gasteiger partial charge in [-0.3, -0.25) is 9.10 Å². The standard InChI is InChI=1S/C26H28N2O3S/c1-19-7-5-10-24(20(19)2)27-26(29)17-14-21-12-15-23(16-13-21)32(30,31)28-18-6-9-22-8-3-4-11-25(22)28/h3-5,7-8,10-13,15-16H,6,9,14,17-18H2,1-2H3,(H,27,29). The number of para-hydroxylation sites is 1. The van der Waals surface area contributed by atoms with Gasteiger partial charge in [-0.05, 0) is 79.6 Å². The van der Waals surface area contributed by atoms with Crippen molar-refractivity contribution in [3.8, 4) is 0 Å². The monoisotopic (exact) mass is 448 g/mol. The van der Waals surface area contributed by atoms with E-state index in [4.69, 9.17) is 0 Å². The number of hydrogen-bond donors (Lipinski definition) is 1. The van der Waals surface area contributed by atoms with Crippen LogP contribution in [0.2, 0.25) is 0 Å². The van der Waals surface area contributed by atoms with E-state index in [0.29, 0.717) is 19.4 Å². The molecule has 0 fully saturated rings. The average molecular weight is 449 g/mol. The summed E-state index contributed by atoms with van der Waals surface area (Å²) in [6.45, 7) is 4.49. The minimum Gasteiger partial charge on any atom is -0.326 e. The molecule has 1 N–H and O–H groups in total. The number of fused-ring (bicyclic) bond motifs is 1. The molecule has 0 aromatic heterocycles. The van der Waals surface area contributed by atoms with Gasteiger partial charge in [-0.1, -0.05) is 42.5 Å². The van der Waals surface area contributed by atoms with Crippen LogP contribution in [-0.2, 0) is 27.7 Å². The summed E-state index contributed by atoms with van der Waals surface area (Å²) in [6, 6.07) is 20.4. The van der Waals surface area contributed by atoms with Gasteiger partial charge in [0.15, 0.2) is 0 Å². The van der Waals surface area contributed by atoms with Gasteiger partial charge in [0.1, 0.15) is 0 Å². The maximum atomic E-state index is 13.3. The molecule has 0 radical (unpaired) electrons. The summed E-state index contributed by atoms with van der Waals surface area (Å²) in [6.07, 6.45) is 2.58. The molecule has 0 aliphatic carbocycles. The fourth-order valence-corrected chi connectivity index (χ4v) is 5.60. The summed E-state index contributed by atoms with van der Waals surface area (Å²) >= 11 is 0. The van der Waals surface area contributed by atoms with Crippen molar-refractivity contribution in [2.75, 3.05) is 16.2 Å². The fraction of sp³-hybridized carbons (Fsp3) is 0.269. The second-order valence-electron chi connectivity index (χ2n) is 8.25. The van der Waals surface area contributed by atoms with Gasteiger partial charge < -0.3 is 5.32 Å². The lowest BCUT2D eigenvalue weighted by molar-refractivity contribution is -0.116. The van der Waals surface area contributed by atoms with Crippen molar-refractivity contribution in [1.29, 1.82) is 0 Å². The van der Waals surface area contributed by atoms with E-state index in [9.17, 15) is 13.2 Å². The summed E-state index contributed by atoms with van der Waals surface area (Å²) in [5.74, 6) is -0.0553. The molecule has 0 saturated carbocycles. The minimum atomic E-state index is -3.62. The highest BCUT2D eigenvalue weighted by molar-refractivity contribution is 7.92. The van der Waals surface area contributed by atoms with Crippen LogP contribution in [-0.4, -0.2) is 20.9 Å². The van der Waals surface area contributed by atoms with E-state index >= 15 is 0 Å². The first-order valence-electron chi connectivity index (χ1n) is 10.9. The highest BCUT2D eigenvalue weighted by atomic mass is 32.2. The van der Waals surface area contributed by atoms with Crippen LogP contribution in [0.1, 0.15) is 35.1 Å². The lowest BCUT2D eigenvalue weighted by atomic mass is 10.0. The Hall–Kier alpha value is -3.12. The van der Waals surface area contributed by atoms with Crippen molar-refractivity contribution in [3.05, 3.63) is 89.0 Å². The predicted octanol–water partition coefficient (Wildman–Crippen LogP) is 5.02. The lowest BCUT2D eigenvalue weighted by Crippen LogP contribution is -2.35. The Balaban J connectivity index is 1.42. The molecule has 166 valence electrons. The van der Waals surface area contributed by atoms with Crippen LogP contribution in [0, 0.1) is 13.8 Å². The van der Waals surface area contributed by atoms with Gasteiger partial charge in [-0.25, -0.2) is 8.42 Å². The maximum Gasteiger partial charge on any atom is 0.264 e. The number of carbonyl (C=O) groups is 1. The van der Waals surface area contributed by atoms with E-state index < -0.39 is 10.0 Å². The molecule has 3 aromatic carbocycles. The van der Waals surface area contributed by atoms with Gasteiger partial charge in [-0.2, -0.15) is 0 Å². The molecule has 0 unspecified atom stereocenters. The molecule has 1 heterocycles. The number of amides is 1. The summed E-state index contributed by atoms with van der Waals surface area (Å²) in [5, 5.41) is 2.97. The molecule has 0 saturated heterocycles. The first kappa shape index (κ1) is 22.1. The fourth-order valence-electron chi connectivity index (χ4n) is 4.06. The van der Waals surface area contributed by atoms with E-state index in [0.717, 1.165) is 46.5 Å². The van der Waals surface area contributed by atoms with Crippen LogP contribution < -0.4 is 9.62 Å². The molecule has 0 spiro atoms. The molecule has 0 atom stereocenters. The normalized spacial score (nSPS) is 13.5. The number of sulfonamides is 1. The smallest absolute Gasteiger partial charge is 0.264 e. The first-order valence-corrected chi connectivity index (χ1v) is 12.4. The average Bonchev–Trinajstić information content (AvgIpc) is 2.80. The van der Waals surface area contributed by atoms with Crippen molar-refractivity contribution in [2.45, 2.75) is 44.4 Å². The van der Waals surface area contributed by atoms with Crippen LogP contribution in [0.25, 0.3) is 0 Å². The number of carbonyl (C=O) groups excluding carboxylic acids is 1. The van der Waals surface area contributed by atoms with E-state index in [1.165, 1.54) is 4.31 Å². The number of rotatable bonds is 6. The first-order chi connectivity index (χ1) is 15.4. The van der Waals surface area contributed by atoms with Gasteiger partial charge in [0.2, 0.25) is 5.91 Å². The van der Waals surface area contributed by atoms with Crippen molar-refractivity contribution < 1.29 is 13.2 Å². The number of aryl methyl sites for hydroxylation is 3. The van der Waals surface area contributed by atoms with Crippen LogP contribution in [0.15, 0.2) is 71.6 Å². The molecule has 3 aromatic rings. The Labute approximate surface area is 190 Å². The summed E-state index contributed by atoms with van der Waals surface area (Å²) in [4.78, 5) is 12.7. The summed E-state index contributed by atoms with van der Waals surface area (Å²) < 4.78 is 28.0. The molecular weight excluding hydrogens is 420 g/mol. The van der Waals surface area contributed by atoms with Crippen molar-refractivity contribution in [3.63, 3.8) is 0 Å². The van der Waals surface area contributed by atoms with Gasteiger partial charge in [0.05, 0.1) is 10.6 Å². The van der Waals surface area contributed by atoms with Gasteiger partial charge >= 0.3 is 0 Å². The zero-order valence-corrected chi connectivity index (χ0v) is 19.3. The Morgan fingerprint density at radius 1 is 0.969 bits per heavy atom. The topological polar surface area (TPSA) is 66.5 Å². The Morgan fingerprint density at radius 3 is 2.50 bits per heavy atom. The van der Waals surface area contributed by atoms with Gasteiger partial charge in [-0.15, -0.1) is 0 Å². The van der Waals surface area contributed by atoms with E-state index in [1.54, 1.807) is 24.3 Å². The number of benzene rings is 3. The van der Waals surface area contributed by atoms with Crippen LogP contribution in [0.3, 0.4) is 0 Å². The molecule has 4 rings (SSSR count). The van der Waals surface area contributed by atoms with Crippen molar-refractivity contribution in [1.82, 2.24) is 0 Å². The molecular formula is C26H28N2O3S. The third kappa shape index (κ3) is 4.55. The highest BCUT2D eigenvalue weighted by Gasteiger charge is 2.28. The molecule has 32 heavy (non-hydrogen) atoms. The SMILES string of the molecule is Cc1cccc(NC(=O)CCc2ccc(S(=O)(=O)N3CCCc4ccccc43)cc2)c1C. The summed E-state index contributed by atoms with van der Waals surface area (Å²) in [5.41, 5.74) is 5.79. The Bertz CT molecular complexity index is 1230. The number of nitrogens with zero attached hydrogens (tertiary/aromatic N) is 1. The quantitative estimate of drug-likeness (QED) is 0.576. The van der Waals surface area contributed by atoms with Crippen LogP contribution in [0.4, 0.5) is 11.4 Å². The number of hydrogen-bond acceptors (Lipinski definition) is 3. The predicted molar refractivity (Wildman–Crippen MR) is 129 cm³/mol. The third-order valence-electron chi connectivity index (χ3n) is 6.10. The van der Waals surface area contributed by atoms with Gasteiger partial charge in [0, 0.05) is 18.7 Å². The van der Waals surface area contributed by atoms with Crippen LogP contribution >= 0.6 is 0 Å². The Kier molecular flexibility index (Phi) is 6.33. The van der Waals surface area contributed by atoms with Crippen molar-refractivity contribution >= 4 is 27.3 Å². The zero-order chi connectivity index (χ0) is 22.7. The minimum absolute atomic E-state index is 0.0553. The van der Waals surface area contributed by atoms with Crippen molar-refractivity contribution in [2.24, 2.45) is 0 Å².